The summed E-state index contributed by atoms with van der Waals surface area (Å²) in [6.45, 7) is 2.48. The van der Waals surface area contributed by atoms with Crippen molar-refractivity contribution in [3.63, 3.8) is 0 Å². The van der Waals surface area contributed by atoms with E-state index in [1.807, 2.05) is 37.3 Å². The van der Waals surface area contributed by atoms with Crippen LogP contribution in [0.5, 0.6) is 5.75 Å². The number of hydrazone groups is 1. The van der Waals surface area contributed by atoms with Crippen LogP contribution in [0.2, 0.25) is 0 Å². The number of hydrogen-bond acceptors (Lipinski definition) is 7. The smallest absolute Gasteiger partial charge is 0.332 e. The van der Waals surface area contributed by atoms with Gasteiger partial charge in [0.1, 0.15) is 11.3 Å². The van der Waals surface area contributed by atoms with Gasteiger partial charge >= 0.3 is 5.69 Å². The molecule has 0 saturated carbocycles. The zero-order valence-electron chi connectivity index (χ0n) is 17.1. The number of pyridine rings is 1. The minimum absolute atomic E-state index is 0.286. The number of para-hydroxylation sites is 1. The molecule has 0 bridgehead atoms. The fraction of sp³-hybridized carbons (Fsp3) is 0.250. The average Bonchev–Trinajstić information content (AvgIpc) is 3.08. The van der Waals surface area contributed by atoms with Crippen LogP contribution in [0.4, 0.5) is 5.95 Å². The van der Waals surface area contributed by atoms with Gasteiger partial charge in [-0.15, -0.1) is 0 Å². The lowest BCUT2D eigenvalue weighted by molar-refractivity contribution is 0.343. The Bertz CT molecular complexity index is 1410. The normalized spacial score (nSPS) is 11.6. The fourth-order valence-electron chi connectivity index (χ4n) is 3.25. The van der Waals surface area contributed by atoms with E-state index in [9.17, 15) is 9.59 Å². The van der Waals surface area contributed by atoms with Crippen LogP contribution in [-0.2, 0) is 21.1 Å². The first-order valence-electron chi connectivity index (χ1n) is 9.36. The largest absolute Gasteiger partial charge is 0.492 e. The SMILES string of the molecule is CCOc1cccc2ccc(/C=N/Nc3nc4c(c(=O)n(C)c(=O)n4C)n3C)nc12. The summed E-state index contributed by atoms with van der Waals surface area (Å²) in [5.41, 5.74) is 3.94. The molecule has 0 unspecified atom stereocenters. The number of aromatic nitrogens is 5. The molecule has 10 nitrogen and oxygen atoms in total. The summed E-state index contributed by atoms with van der Waals surface area (Å²) in [7, 11) is 4.69. The number of nitrogens with zero attached hydrogens (tertiary/aromatic N) is 6. The first-order valence-corrected chi connectivity index (χ1v) is 9.36. The molecular formula is C20H21N7O3. The van der Waals surface area contributed by atoms with Crippen LogP contribution in [0.3, 0.4) is 0 Å². The lowest BCUT2D eigenvalue weighted by Crippen LogP contribution is -2.37. The van der Waals surface area contributed by atoms with Crippen LogP contribution in [0, 0.1) is 0 Å². The van der Waals surface area contributed by atoms with Crippen molar-refractivity contribution in [1.29, 1.82) is 0 Å². The molecule has 1 aromatic carbocycles. The Morgan fingerprint density at radius 1 is 1.07 bits per heavy atom. The van der Waals surface area contributed by atoms with Gasteiger partial charge in [0.05, 0.1) is 18.5 Å². The van der Waals surface area contributed by atoms with Gasteiger partial charge < -0.3 is 9.30 Å². The van der Waals surface area contributed by atoms with Crippen LogP contribution in [0.15, 0.2) is 45.0 Å². The molecule has 0 aliphatic carbocycles. The van der Waals surface area contributed by atoms with E-state index in [0.717, 1.165) is 15.5 Å². The molecule has 30 heavy (non-hydrogen) atoms. The van der Waals surface area contributed by atoms with Gasteiger partial charge in [0.25, 0.3) is 5.56 Å². The molecule has 0 radical (unpaired) electrons. The predicted octanol–water partition coefficient (Wildman–Crippen LogP) is 1.36. The highest BCUT2D eigenvalue weighted by atomic mass is 16.5. The molecule has 0 spiro atoms. The Kier molecular flexibility index (Phi) is 4.82. The topological polar surface area (TPSA) is 108 Å². The Labute approximate surface area is 171 Å². The van der Waals surface area contributed by atoms with Gasteiger partial charge in [0, 0.05) is 26.5 Å². The third-order valence-corrected chi connectivity index (χ3v) is 4.84. The number of imidazole rings is 1. The quantitative estimate of drug-likeness (QED) is 0.395. The molecule has 4 rings (SSSR count). The molecule has 0 aliphatic heterocycles. The van der Waals surface area contributed by atoms with Gasteiger partial charge in [0.15, 0.2) is 11.2 Å². The first kappa shape index (κ1) is 19.4. The zero-order chi connectivity index (χ0) is 21.4. The molecule has 10 heteroatoms. The van der Waals surface area contributed by atoms with E-state index in [4.69, 9.17) is 4.74 Å². The number of rotatable bonds is 5. The van der Waals surface area contributed by atoms with Crippen molar-refractivity contribution in [2.45, 2.75) is 6.92 Å². The summed E-state index contributed by atoms with van der Waals surface area (Å²) in [4.78, 5) is 33.5. The number of ether oxygens (including phenoxy) is 1. The summed E-state index contributed by atoms with van der Waals surface area (Å²) in [6.07, 6.45) is 1.55. The van der Waals surface area contributed by atoms with Crippen LogP contribution in [0.25, 0.3) is 22.1 Å². The van der Waals surface area contributed by atoms with Crippen LogP contribution in [0.1, 0.15) is 12.6 Å². The van der Waals surface area contributed by atoms with E-state index in [2.05, 4.69) is 20.5 Å². The van der Waals surface area contributed by atoms with Crippen LogP contribution in [-0.4, -0.2) is 36.5 Å². The van der Waals surface area contributed by atoms with Gasteiger partial charge in [-0.2, -0.15) is 10.1 Å². The lowest BCUT2D eigenvalue weighted by Gasteiger charge is -2.07. The van der Waals surface area contributed by atoms with Crippen molar-refractivity contribution in [1.82, 2.24) is 23.7 Å². The molecule has 154 valence electrons. The number of fused-ring (bicyclic) bond motifs is 2. The maximum atomic E-state index is 12.4. The van der Waals surface area contributed by atoms with Crippen LogP contribution >= 0.6 is 0 Å². The fourth-order valence-corrected chi connectivity index (χ4v) is 3.25. The van der Waals surface area contributed by atoms with Gasteiger partial charge in [-0.05, 0) is 19.1 Å². The highest BCUT2D eigenvalue weighted by Gasteiger charge is 2.16. The molecule has 0 aliphatic rings. The number of benzene rings is 1. The third kappa shape index (κ3) is 3.11. The van der Waals surface area contributed by atoms with Crippen molar-refractivity contribution in [2.75, 3.05) is 12.0 Å². The molecular weight excluding hydrogens is 386 g/mol. The third-order valence-electron chi connectivity index (χ3n) is 4.84. The second-order valence-electron chi connectivity index (χ2n) is 6.74. The van der Waals surface area contributed by atoms with Gasteiger partial charge in [-0.3, -0.25) is 13.9 Å². The lowest BCUT2D eigenvalue weighted by atomic mass is 10.2. The van der Waals surface area contributed by atoms with E-state index in [0.29, 0.717) is 29.5 Å². The monoisotopic (exact) mass is 407 g/mol. The van der Waals surface area contributed by atoms with Crippen molar-refractivity contribution in [3.8, 4) is 5.75 Å². The molecule has 3 aromatic heterocycles. The van der Waals surface area contributed by atoms with Crippen molar-refractivity contribution in [3.05, 3.63) is 56.9 Å². The highest BCUT2D eigenvalue weighted by molar-refractivity contribution is 5.88. The Morgan fingerprint density at radius 3 is 2.63 bits per heavy atom. The molecule has 3 heterocycles. The van der Waals surface area contributed by atoms with Gasteiger partial charge in [0.2, 0.25) is 5.95 Å². The van der Waals surface area contributed by atoms with E-state index in [1.165, 1.54) is 11.6 Å². The van der Waals surface area contributed by atoms with Crippen molar-refractivity contribution >= 4 is 34.2 Å². The second-order valence-corrected chi connectivity index (χ2v) is 6.74. The highest BCUT2D eigenvalue weighted by Crippen LogP contribution is 2.23. The van der Waals surface area contributed by atoms with Crippen molar-refractivity contribution in [2.24, 2.45) is 26.2 Å². The summed E-state index contributed by atoms with van der Waals surface area (Å²) >= 11 is 0. The number of hydrogen-bond donors (Lipinski definition) is 1. The first-order chi connectivity index (χ1) is 14.4. The van der Waals surface area contributed by atoms with Crippen molar-refractivity contribution < 1.29 is 4.74 Å². The molecule has 4 aromatic rings. The summed E-state index contributed by atoms with van der Waals surface area (Å²) < 4.78 is 9.58. The second kappa shape index (κ2) is 7.47. The Morgan fingerprint density at radius 2 is 1.87 bits per heavy atom. The Balaban J connectivity index is 1.67. The summed E-state index contributed by atoms with van der Waals surface area (Å²) in [6, 6.07) is 9.56. The van der Waals surface area contributed by atoms with Gasteiger partial charge in [-0.1, -0.05) is 18.2 Å². The van der Waals surface area contributed by atoms with E-state index in [1.54, 1.807) is 24.9 Å². The maximum absolute atomic E-state index is 12.4. The molecule has 0 atom stereocenters. The van der Waals surface area contributed by atoms with E-state index in [-0.39, 0.29) is 5.65 Å². The number of anilines is 1. The molecule has 1 N–H and O–H groups in total. The number of aryl methyl sites for hydroxylation is 2. The van der Waals surface area contributed by atoms with E-state index >= 15 is 0 Å². The van der Waals surface area contributed by atoms with Crippen LogP contribution < -0.4 is 21.4 Å². The maximum Gasteiger partial charge on any atom is 0.332 e. The average molecular weight is 407 g/mol. The Hall–Kier alpha value is -3.95. The molecule has 0 amide bonds. The minimum Gasteiger partial charge on any atom is -0.492 e. The molecule has 0 fully saturated rings. The summed E-state index contributed by atoms with van der Waals surface area (Å²) in [5.74, 6) is 1.04. The zero-order valence-corrected chi connectivity index (χ0v) is 17.1. The number of nitrogens with one attached hydrogen (secondary N) is 1. The minimum atomic E-state index is -0.439. The van der Waals surface area contributed by atoms with Gasteiger partial charge in [-0.25, -0.2) is 15.2 Å². The predicted molar refractivity (Wildman–Crippen MR) is 115 cm³/mol. The summed E-state index contributed by atoms with van der Waals surface area (Å²) in [5, 5.41) is 5.17. The standard InChI is InChI=1S/C20H21N7O3/c1-5-30-14-8-6-7-12-9-10-13(22-15(12)14)11-21-24-19-23-17-16(25(19)2)18(28)27(4)20(29)26(17)3/h6-11H,5H2,1-4H3,(H,23,24)/b21-11+. The van der Waals surface area contributed by atoms with E-state index < -0.39 is 11.2 Å². The molecule has 0 saturated heterocycles.